The van der Waals surface area contributed by atoms with Crippen molar-refractivity contribution in [1.29, 1.82) is 0 Å². The molecule has 1 heterocycles. The number of nitrogens with one attached hydrogen (secondary N) is 2. The van der Waals surface area contributed by atoms with Crippen LogP contribution < -0.4 is 15.4 Å². The number of aliphatic imine (C=N–C) groups is 1. The second-order valence-electron chi connectivity index (χ2n) is 7.70. The number of hydrogen-bond acceptors (Lipinski definition) is 3. The van der Waals surface area contributed by atoms with Gasteiger partial charge in [0.1, 0.15) is 17.7 Å². The molecule has 174 valence electrons. The van der Waals surface area contributed by atoms with Crippen molar-refractivity contribution in [2.75, 3.05) is 19.6 Å². The number of nitrogens with zero attached hydrogens (tertiary/aromatic N) is 2. The van der Waals surface area contributed by atoms with Crippen LogP contribution in [0.15, 0.2) is 53.5 Å². The van der Waals surface area contributed by atoms with Crippen molar-refractivity contribution >= 4 is 35.8 Å². The molecule has 6 nitrogen and oxygen atoms in total. The van der Waals surface area contributed by atoms with Crippen LogP contribution in [0.1, 0.15) is 37.8 Å². The van der Waals surface area contributed by atoms with Crippen molar-refractivity contribution in [1.82, 2.24) is 15.5 Å². The lowest BCUT2D eigenvalue weighted by atomic mass is 10.1. The SMILES string of the molecule is CCNC(=NCc1cccc(CN2CCCC2=O)c1)NCC(C)Oc1ccc(F)cc1.I. The lowest BCUT2D eigenvalue weighted by Gasteiger charge is -2.18. The van der Waals surface area contributed by atoms with Gasteiger partial charge in [0, 0.05) is 26.1 Å². The van der Waals surface area contributed by atoms with E-state index in [1.54, 1.807) is 12.1 Å². The van der Waals surface area contributed by atoms with Gasteiger partial charge in [-0.15, -0.1) is 24.0 Å². The summed E-state index contributed by atoms with van der Waals surface area (Å²) in [6, 6.07) is 14.2. The number of ether oxygens (including phenoxy) is 1. The first kappa shape index (κ1) is 25.9. The molecular formula is C24H32FIN4O2. The summed E-state index contributed by atoms with van der Waals surface area (Å²) < 4.78 is 18.8. The third kappa shape index (κ3) is 8.29. The lowest BCUT2D eigenvalue weighted by molar-refractivity contribution is -0.128. The Hall–Kier alpha value is -2.36. The van der Waals surface area contributed by atoms with Crippen LogP contribution in [0.2, 0.25) is 0 Å². The zero-order valence-electron chi connectivity index (χ0n) is 18.6. The van der Waals surface area contributed by atoms with Crippen LogP contribution in [0.25, 0.3) is 0 Å². The molecular weight excluding hydrogens is 522 g/mol. The molecule has 0 aliphatic carbocycles. The van der Waals surface area contributed by atoms with E-state index < -0.39 is 0 Å². The zero-order valence-corrected chi connectivity index (χ0v) is 21.0. The maximum absolute atomic E-state index is 13.0. The van der Waals surface area contributed by atoms with Gasteiger partial charge in [-0.3, -0.25) is 4.79 Å². The average Bonchev–Trinajstić information content (AvgIpc) is 3.16. The topological polar surface area (TPSA) is 66.0 Å². The second-order valence-corrected chi connectivity index (χ2v) is 7.70. The van der Waals surface area contributed by atoms with Gasteiger partial charge >= 0.3 is 0 Å². The van der Waals surface area contributed by atoms with Gasteiger partial charge in [0.25, 0.3) is 0 Å². The van der Waals surface area contributed by atoms with Crippen molar-refractivity contribution in [3.63, 3.8) is 0 Å². The summed E-state index contributed by atoms with van der Waals surface area (Å²) in [6.45, 7) is 7.30. The number of carbonyl (C=O) groups excluding carboxylic acids is 1. The number of benzene rings is 2. The first-order chi connectivity index (χ1) is 15.0. The van der Waals surface area contributed by atoms with Crippen LogP contribution in [0, 0.1) is 5.82 Å². The van der Waals surface area contributed by atoms with E-state index in [0.717, 1.165) is 30.6 Å². The van der Waals surface area contributed by atoms with E-state index >= 15 is 0 Å². The van der Waals surface area contributed by atoms with E-state index in [1.807, 2.05) is 30.9 Å². The van der Waals surface area contributed by atoms with E-state index in [2.05, 4.69) is 27.8 Å². The van der Waals surface area contributed by atoms with Crippen molar-refractivity contribution in [3.8, 4) is 5.75 Å². The molecule has 1 aliphatic rings. The molecule has 1 amide bonds. The molecule has 1 saturated heterocycles. The van der Waals surface area contributed by atoms with E-state index in [0.29, 0.717) is 37.8 Å². The Kier molecular flexibility index (Phi) is 10.7. The van der Waals surface area contributed by atoms with Crippen molar-refractivity contribution in [2.24, 2.45) is 4.99 Å². The summed E-state index contributed by atoms with van der Waals surface area (Å²) >= 11 is 0. The Balaban J connectivity index is 0.00000363. The minimum atomic E-state index is -0.282. The summed E-state index contributed by atoms with van der Waals surface area (Å²) in [4.78, 5) is 18.5. The normalized spacial score (nSPS) is 14.7. The Morgan fingerprint density at radius 1 is 1.19 bits per heavy atom. The first-order valence-corrected chi connectivity index (χ1v) is 10.8. The van der Waals surface area contributed by atoms with Gasteiger partial charge < -0.3 is 20.3 Å². The molecule has 2 aromatic rings. The minimum Gasteiger partial charge on any atom is -0.489 e. The molecule has 3 rings (SSSR count). The number of guanidine groups is 1. The predicted molar refractivity (Wildman–Crippen MR) is 136 cm³/mol. The first-order valence-electron chi connectivity index (χ1n) is 10.8. The monoisotopic (exact) mass is 554 g/mol. The molecule has 0 aromatic heterocycles. The summed E-state index contributed by atoms with van der Waals surface area (Å²) in [5.74, 6) is 1.29. The highest BCUT2D eigenvalue weighted by Crippen LogP contribution is 2.16. The molecule has 1 unspecified atom stereocenters. The summed E-state index contributed by atoms with van der Waals surface area (Å²) in [7, 11) is 0. The van der Waals surface area contributed by atoms with Crippen molar-refractivity contribution in [3.05, 3.63) is 65.5 Å². The van der Waals surface area contributed by atoms with Gasteiger partial charge in [0.05, 0.1) is 13.1 Å². The van der Waals surface area contributed by atoms with Crippen LogP contribution >= 0.6 is 24.0 Å². The number of rotatable bonds is 9. The minimum absolute atomic E-state index is 0. The molecule has 0 radical (unpaired) electrons. The molecule has 0 spiro atoms. The standard InChI is InChI=1S/C24H31FN4O2.HI/c1-3-26-24(27-15-18(2)31-22-11-9-21(25)10-12-22)28-16-19-6-4-7-20(14-19)17-29-13-5-8-23(29)30;/h4,6-7,9-12,14,18H,3,5,8,13,15-17H2,1-2H3,(H2,26,27,28);1H. The third-order valence-electron chi connectivity index (χ3n) is 5.01. The molecule has 2 aromatic carbocycles. The maximum atomic E-state index is 13.0. The van der Waals surface area contributed by atoms with Crippen molar-refractivity contribution in [2.45, 2.75) is 45.9 Å². The average molecular weight is 554 g/mol. The van der Waals surface area contributed by atoms with E-state index in [-0.39, 0.29) is 41.8 Å². The van der Waals surface area contributed by atoms with Crippen LogP contribution in [-0.2, 0) is 17.9 Å². The van der Waals surface area contributed by atoms with E-state index in [9.17, 15) is 9.18 Å². The maximum Gasteiger partial charge on any atom is 0.222 e. The fourth-order valence-electron chi connectivity index (χ4n) is 3.46. The molecule has 1 atom stereocenters. The predicted octanol–water partition coefficient (Wildman–Crippen LogP) is 4.09. The third-order valence-corrected chi connectivity index (χ3v) is 5.01. The summed E-state index contributed by atoms with van der Waals surface area (Å²) in [6.07, 6.45) is 1.49. The number of likely N-dealkylation sites (tertiary alicyclic amines) is 1. The van der Waals surface area contributed by atoms with Gasteiger partial charge in [-0.25, -0.2) is 9.38 Å². The molecule has 32 heavy (non-hydrogen) atoms. The quantitative estimate of drug-likeness (QED) is 0.279. The van der Waals surface area contributed by atoms with Gasteiger partial charge in [0.2, 0.25) is 5.91 Å². The second kappa shape index (κ2) is 13.2. The Bertz CT molecular complexity index is 892. The largest absolute Gasteiger partial charge is 0.489 e. The summed E-state index contributed by atoms with van der Waals surface area (Å²) in [5, 5.41) is 6.53. The highest BCUT2D eigenvalue weighted by molar-refractivity contribution is 14.0. The van der Waals surface area contributed by atoms with Crippen LogP contribution in [0.3, 0.4) is 0 Å². The fraction of sp³-hybridized carbons (Fsp3) is 0.417. The molecule has 8 heteroatoms. The van der Waals surface area contributed by atoms with Crippen LogP contribution in [0.4, 0.5) is 4.39 Å². The Morgan fingerprint density at radius 2 is 1.94 bits per heavy atom. The van der Waals surface area contributed by atoms with Gasteiger partial charge in [-0.2, -0.15) is 0 Å². The van der Waals surface area contributed by atoms with Crippen molar-refractivity contribution < 1.29 is 13.9 Å². The lowest BCUT2D eigenvalue weighted by Crippen LogP contribution is -2.41. The fourth-order valence-corrected chi connectivity index (χ4v) is 3.46. The van der Waals surface area contributed by atoms with E-state index in [4.69, 9.17) is 4.74 Å². The summed E-state index contributed by atoms with van der Waals surface area (Å²) in [5.41, 5.74) is 2.22. The molecule has 1 fully saturated rings. The Labute approximate surface area is 206 Å². The van der Waals surface area contributed by atoms with E-state index in [1.165, 1.54) is 12.1 Å². The highest BCUT2D eigenvalue weighted by atomic mass is 127. The number of halogens is 2. The zero-order chi connectivity index (χ0) is 22.1. The number of hydrogen-bond donors (Lipinski definition) is 2. The van der Waals surface area contributed by atoms with Crippen LogP contribution in [-0.4, -0.2) is 42.5 Å². The number of carbonyl (C=O) groups is 1. The molecule has 2 N–H and O–H groups in total. The molecule has 0 saturated carbocycles. The highest BCUT2D eigenvalue weighted by Gasteiger charge is 2.19. The molecule has 1 aliphatic heterocycles. The number of amides is 1. The van der Waals surface area contributed by atoms with Gasteiger partial charge in [-0.05, 0) is 55.7 Å². The Morgan fingerprint density at radius 3 is 2.62 bits per heavy atom. The van der Waals surface area contributed by atoms with Gasteiger partial charge in [0.15, 0.2) is 5.96 Å². The smallest absolute Gasteiger partial charge is 0.222 e. The van der Waals surface area contributed by atoms with Crippen LogP contribution in [0.5, 0.6) is 5.75 Å². The van der Waals surface area contributed by atoms with Gasteiger partial charge in [-0.1, -0.05) is 24.3 Å². The molecule has 0 bridgehead atoms.